The van der Waals surface area contributed by atoms with Gasteiger partial charge in [-0.1, -0.05) is 46.9 Å². The Labute approximate surface area is 359 Å². The van der Waals surface area contributed by atoms with Gasteiger partial charge in [0.05, 0.1) is 65.6 Å². The lowest BCUT2D eigenvalue weighted by molar-refractivity contribution is -0.121. The quantitative estimate of drug-likeness (QED) is 0.107. The number of amides is 2. The highest BCUT2D eigenvalue weighted by Crippen LogP contribution is 2.39. The summed E-state index contributed by atoms with van der Waals surface area (Å²) in [6.07, 6.45) is 2.05. The third kappa shape index (κ3) is 9.91. The van der Waals surface area contributed by atoms with Gasteiger partial charge in [0.25, 0.3) is 5.91 Å². The minimum Gasteiger partial charge on any atom is -0.461 e. The molecule has 2 aliphatic rings. The number of aromatic nitrogens is 5. The average molecular weight is 880 g/mol. The fourth-order valence-corrected chi connectivity index (χ4v) is 8.10. The van der Waals surface area contributed by atoms with Crippen LogP contribution < -0.4 is 20.4 Å². The van der Waals surface area contributed by atoms with E-state index in [0.717, 1.165) is 38.9 Å². The third-order valence-electron chi connectivity index (χ3n) is 9.60. The summed E-state index contributed by atoms with van der Waals surface area (Å²) in [5.41, 5.74) is 5.37. The number of hydrogen-bond donors (Lipinski definition) is 2. The molecule has 19 heteroatoms. The Bertz CT molecular complexity index is 2420. The van der Waals surface area contributed by atoms with Gasteiger partial charge in [-0.15, -0.1) is 21.5 Å². The van der Waals surface area contributed by atoms with Gasteiger partial charge in [-0.25, -0.2) is 4.98 Å². The van der Waals surface area contributed by atoms with Crippen LogP contribution in [0.25, 0.3) is 5.00 Å². The summed E-state index contributed by atoms with van der Waals surface area (Å²) in [7, 11) is 0. The number of benzene rings is 2. The van der Waals surface area contributed by atoms with E-state index in [1.165, 1.54) is 11.1 Å². The molecule has 5 aromatic rings. The van der Waals surface area contributed by atoms with Gasteiger partial charge in [0.2, 0.25) is 5.91 Å². The molecule has 3 aromatic heterocycles. The van der Waals surface area contributed by atoms with E-state index < -0.39 is 6.04 Å². The molecule has 0 bridgehead atoms. The second kappa shape index (κ2) is 19.0. The largest absolute Gasteiger partial charge is 0.461 e. The number of amidine groups is 1. The first kappa shape index (κ1) is 42.2. The van der Waals surface area contributed by atoms with E-state index in [4.69, 9.17) is 54.0 Å². The first-order chi connectivity index (χ1) is 28.5. The van der Waals surface area contributed by atoms with Crippen LogP contribution in [0.2, 0.25) is 15.1 Å². The molecule has 2 amide bonds. The summed E-state index contributed by atoms with van der Waals surface area (Å²) in [5.74, 6) is 1.31. The highest BCUT2D eigenvalue weighted by atomic mass is 35.5. The van der Waals surface area contributed by atoms with Crippen molar-refractivity contribution in [3.63, 3.8) is 0 Å². The number of ether oxygens (including phenoxy) is 3. The van der Waals surface area contributed by atoms with Gasteiger partial charge in [0.1, 0.15) is 29.3 Å². The lowest BCUT2D eigenvalue weighted by atomic mass is 9.99. The molecule has 308 valence electrons. The number of anilines is 1. The van der Waals surface area contributed by atoms with E-state index in [1.807, 2.05) is 41.8 Å². The summed E-state index contributed by atoms with van der Waals surface area (Å²) < 4.78 is 18.9. The minimum absolute atomic E-state index is 0.0846. The Morgan fingerprint density at radius 3 is 2.46 bits per heavy atom. The number of aryl methyl sites for hydroxylation is 3. The van der Waals surface area contributed by atoms with Crippen molar-refractivity contribution in [3.05, 3.63) is 108 Å². The molecule has 15 nitrogen and oxygen atoms in total. The number of nitrogens with one attached hydrogen (secondary N) is 2. The fourth-order valence-electron chi connectivity index (χ4n) is 6.47. The summed E-state index contributed by atoms with van der Waals surface area (Å²) >= 11 is 20.0. The Kier molecular flexibility index (Phi) is 13.5. The van der Waals surface area contributed by atoms with E-state index in [2.05, 4.69) is 49.7 Å². The molecule has 7 rings (SSSR count). The number of rotatable bonds is 15. The molecule has 0 fully saturated rings. The van der Waals surface area contributed by atoms with Gasteiger partial charge in [0, 0.05) is 46.7 Å². The zero-order valence-electron chi connectivity index (χ0n) is 32.7. The monoisotopic (exact) mass is 878 g/mol. The van der Waals surface area contributed by atoms with E-state index >= 15 is 0 Å². The summed E-state index contributed by atoms with van der Waals surface area (Å²) in [4.78, 5) is 41.0. The number of aliphatic imine (C=N–C) groups is 1. The van der Waals surface area contributed by atoms with Crippen LogP contribution in [0.3, 0.4) is 0 Å². The molecule has 0 spiro atoms. The number of fused-ring (bicyclic) bond motifs is 3. The van der Waals surface area contributed by atoms with Crippen molar-refractivity contribution in [1.82, 2.24) is 35.4 Å². The number of thiophene rings is 1. The smallest absolute Gasteiger partial charge is 0.316 e. The van der Waals surface area contributed by atoms with Gasteiger partial charge in [-0.2, -0.15) is 10.1 Å². The minimum atomic E-state index is -0.559. The predicted molar refractivity (Wildman–Crippen MR) is 228 cm³/mol. The van der Waals surface area contributed by atoms with Crippen molar-refractivity contribution in [2.24, 2.45) is 10.1 Å². The van der Waals surface area contributed by atoms with Crippen LogP contribution in [-0.2, 0) is 14.3 Å². The van der Waals surface area contributed by atoms with Crippen LogP contribution in [0.1, 0.15) is 68.2 Å². The van der Waals surface area contributed by atoms with Crippen LogP contribution in [0, 0.1) is 27.7 Å². The van der Waals surface area contributed by atoms with Gasteiger partial charge in [-0.05, 0) is 63.6 Å². The Hall–Kier alpha value is -4.97. The lowest BCUT2D eigenvalue weighted by Crippen LogP contribution is -2.30. The van der Waals surface area contributed by atoms with Crippen molar-refractivity contribution in [2.45, 2.75) is 46.6 Å². The van der Waals surface area contributed by atoms with Crippen molar-refractivity contribution in [3.8, 4) is 11.0 Å². The summed E-state index contributed by atoms with van der Waals surface area (Å²) in [6, 6.07) is 12.4. The van der Waals surface area contributed by atoms with E-state index in [-0.39, 0.29) is 37.5 Å². The molecule has 0 radical (unpaired) electrons. The van der Waals surface area contributed by atoms with E-state index in [9.17, 15) is 9.59 Å². The van der Waals surface area contributed by atoms with Crippen molar-refractivity contribution >= 4 is 75.2 Å². The third-order valence-corrected chi connectivity index (χ3v) is 11.8. The molecule has 0 aliphatic carbocycles. The maximum absolute atomic E-state index is 13.2. The zero-order chi connectivity index (χ0) is 41.6. The second-order valence-corrected chi connectivity index (χ2v) is 16.1. The maximum atomic E-state index is 13.2. The number of hydrogen-bond acceptors (Lipinski definition) is 13. The summed E-state index contributed by atoms with van der Waals surface area (Å²) in [6.45, 7) is 10.1. The lowest BCUT2D eigenvalue weighted by Gasteiger charge is -2.13. The molecule has 2 N–H and O–H groups in total. The SMILES string of the molecule is Cc1nc(OCCOCCOCCNC(=O)C[C@@H]2N=C(c3ccc(Cl)cc3)c3c(sc(C)c3C)-n3c(C)nnc32)ncc1C(=O)NC1=NN(c2ccc(Cl)c(Cl)c2)CC1. The number of hydrazone groups is 1. The number of halogens is 3. The standard InChI is InChI=1S/C40H41Cl3N10O5S/c1-22-24(3)59-39-35(22)36(26-5-7-27(41)8-6-26)47-32(37-50-49-25(4)53(37)39)20-34(54)44-12-14-56-15-16-57-17-18-58-40-45-21-29(23(2)46-40)38(55)48-33-11-13-52(51-33)28-9-10-30(42)31(43)19-28/h5-10,19,21,32H,11-18,20H2,1-4H3,(H,44,54)(H,48,51,55)/t32-/m0/s1. The molecule has 2 aliphatic heterocycles. The molecule has 5 heterocycles. The highest BCUT2D eigenvalue weighted by Gasteiger charge is 2.32. The normalized spacial score (nSPS) is 14.6. The van der Waals surface area contributed by atoms with Gasteiger partial charge in [0.15, 0.2) is 5.82 Å². The second-order valence-electron chi connectivity index (χ2n) is 13.7. The maximum Gasteiger partial charge on any atom is 0.316 e. The average Bonchev–Trinajstić information content (AvgIpc) is 3.89. The molecule has 0 unspecified atom stereocenters. The highest BCUT2D eigenvalue weighted by molar-refractivity contribution is 7.15. The van der Waals surface area contributed by atoms with Crippen LogP contribution in [-0.4, -0.2) is 94.2 Å². The molecule has 59 heavy (non-hydrogen) atoms. The molecular formula is C40H41Cl3N10O5S. The van der Waals surface area contributed by atoms with Gasteiger partial charge >= 0.3 is 6.01 Å². The topological polar surface area (TPSA) is 170 Å². The predicted octanol–water partition coefficient (Wildman–Crippen LogP) is 6.78. The Morgan fingerprint density at radius 2 is 1.69 bits per heavy atom. The molecule has 0 saturated carbocycles. The van der Waals surface area contributed by atoms with E-state index in [0.29, 0.717) is 77.3 Å². The van der Waals surface area contributed by atoms with Crippen molar-refractivity contribution in [2.75, 3.05) is 51.1 Å². The number of carbonyl (C=O) groups excluding carboxylic acids is 2. The zero-order valence-corrected chi connectivity index (χ0v) is 35.8. The van der Waals surface area contributed by atoms with Crippen LogP contribution >= 0.6 is 46.1 Å². The molecule has 2 aromatic carbocycles. The fraction of sp³-hybridized carbons (Fsp3) is 0.350. The van der Waals surface area contributed by atoms with Crippen molar-refractivity contribution < 1.29 is 23.8 Å². The summed E-state index contributed by atoms with van der Waals surface area (Å²) in [5, 5.41) is 23.3. The Morgan fingerprint density at radius 1 is 0.932 bits per heavy atom. The van der Waals surface area contributed by atoms with Crippen LogP contribution in [0.15, 0.2) is 58.8 Å². The van der Waals surface area contributed by atoms with Gasteiger partial charge in [-0.3, -0.25) is 24.2 Å². The molecule has 1 atom stereocenters. The van der Waals surface area contributed by atoms with Crippen LogP contribution in [0.5, 0.6) is 6.01 Å². The number of carbonyl (C=O) groups is 2. The first-order valence-electron chi connectivity index (χ1n) is 18.8. The van der Waals surface area contributed by atoms with E-state index in [1.54, 1.807) is 35.4 Å². The first-order valence-corrected chi connectivity index (χ1v) is 20.8. The molecule has 0 saturated heterocycles. The van der Waals surface area contributed by atoms with Crippen molar-refractivity contribution in [1.29, 1.82) is 0 Å². The van der Waals surface area contributed by atoms with Gasteiger partial charge < -0.3 is 24.8 Å². The van der Waals surface area contributed by atoms with Crippen LogP contribution in [0.4, 0.5) is 5.69 Å². The Balaban J connectivity index is 0.813. The number of nitrogens with zero attached hydrogens (tertiary/aromatic N) is 8. The molecular weight excluding hydrogens is 839 g/mol.